The van der Waals surface area contributed by atoms with Crippen molar-refractivity contribution in [3.05, 3.63) is 26.5 Å². The van der Waals surface area contributed by atoms with Crippen LogP contribution in [-0.4, -0.2) is 19.3 Å². The number of imidazole rings is 1. The number of hydrogen-bond acceptors (Lipinski definition) is 4. The number of anilines is 1. The molecule has 0 atom stereocenters. The van der Waals surface area contributed by atoms with Crippen LogP contribution in [0.3, 0.4) is 0 Å². The van der Waals surface area contributed by atoms with Gasteiger partial charge in [0.15, 0.2) is 5.65 Å². The summed E-state index contributed by atoms with van der Waals surface area (Å²) in [5, 5.41) is 6.63. The zero-order chi connectivity index (χ0) is 14.3. The van der Waals surface area contributed by atoms with Gasteiger partial charge in [-0.15, -0.1) is 11.3 Å². The maximum absolute atomic E-state index is 6.09. The van der Waals surface area contributed by atoms with E-state index in [0.29, 0.717) is 5.95 Å². The van der Waals surface area contributed by atoms with E-state index in [9.17, 15) is 0 Å². The number of nitrogens with two attached hydrogens (primary N) is 1. The molecule has 0 fully saturated rings. The van der Waals surface area contributed by atoms with E-state index in [4.69, 9.17) is 5.73 Å². The lowest BCUT2D eigenvalue weighted by molar-refractivity contribution is 0.714. The first-order valence-corrected chi connectivity index (χ1v) is 8.18. The van der Waals surface area contributed by atoms with Gasteiger partial charge < -0.3 is 5.73 Å². The highest BCUT2D eigenvalue weighted by Crippen LogP contribution is 2.26. The molecule has 0 aromatic carbocycles. The van der Waals surface area contributed by atoms with Crippen molar-refractivity contribution in [2.24, 2.45) is 7.05 Å². The third-order valence-corrected chi connectivity index (χ3v) is 4.93. The van der Waals surface area contributed by atoms with Crippen LogP contribution in [0, 0.1) is 0 Å². The van der Waals surface area contributed by atoms with Gasteiger partial charge in [-0.2, -0.15) is 5.10 Å². The maximum atomic E-state index is 6.09. The standard InChI is InChI=1S/C13H16BrN5S/c1-3-4-10-11-12(18(2)17-10)19(13(15)16-11)6-9-5-8(14)7-20-9/h5,7H,3-4,6H2,1-2H3,(H2,15,16). The molecule has 7 heteroatoms. The van der Waals surface area contributed by atoms with Crippen molar-refractivity contribution in [2.75, 3.05) is 5.73 Å². The van der Waals surface area contributed by atoms with Gasteiger partial charge in [0.2, 0.25) is 5.95 Å². The van der Waals surface area contributed by atoms with Crippen LogP contribution < -0.4 is 5.73 Å². The maximum Gasteiger partial charge on any atom is 0.202 e. The summed E-state index contributed by atoms with van der Waals surface area (Å²) in [6.07, 6.45) is 1.98. The molecule has 5 nitrogen and oxygen atoms in total. The Kier molecular flexibility index (Phi) is 3.55. The predicted molar refractivity (Wildman–Crippen MR) is 86.0 cm³/mol. The van der Waals surface area contributed by atoms with E-state index in [1.54, 1.807) is 11.3 Å². The number of hydrogen-bond donors (Lipinski definition) is 1. The summed E-state index contributed by atoms with van der Waals surface area (Å²) in [5.74, 6) is 0.551. The van der Waals surface area contributed by atoms with Gasteiger partial charge in [0, 0.05) is 21.8 Å². The van der Waals surface area contributed by atoms with Crippen molar-refractivity contribution < 1.29 is 0 Å². The number of rotatable bonds is 4. The SMILES string of the molecule is CCCc1nn(C)c2c1nc(N)n2Cc1cc(Br)cs1. The van der Waals surface area contributed by atoms with E-state index in [-0.39, 0.29) is 0 Å². The second-order valence-corrected chi connectivity index (χ2v) is 6.69. The van der Waals surface area contributed by atoms with Crippen LogP contribution in [0.25, 0.3) is 11.2 Å². The third kappa shape index (κ3) is 2.25. The molecule has 0 unspecified atom stereocenters. The van der Waals surface area contributed by atoms with Gasteiger partial charge in [-0.3, -0.25) is 9.25 Å². The predicted octanol–water partition coefficient (Wildman–Crippen LogP) is 3.18. The number of aromatic nitrogens is 4. The van der Waals surface area contributed by atoms with Crippen LogP contribution in [0.2, 0.25) is 0 Å². The highest BCUT2D eigenvalue weighted by molar-refractivity contribution is 9.10. The van der Waals surface area contributed by atoms with Crippen molar-refractivity contribution in [3.63, 3.8) is 0 Å². The Hall–Kier alpha value is -1.34. The average Bonchev–Trinajstić information content (AvgIpc) is 3.02. The number of aryl methyl sites for hydroxylation is 2. The molecular weight excluding hydrogens is 338 g/mol. The molecule has 3 heterocycles. The van der Waals surface area contributed by atoms with Crippen molar-refractivity contribution in [2.45, 2.75) is 26.3 Å². The molecule has 0 aliphatic heterocycles. The number of halogens is 1. The highest BCUT2D eigenvalue weighted by Gasteiger charge is 2.17. The Morgan fingerprint density at radius 1 is 1.45 bits per heavy atom. The van der Waals surface area contributed by atoms with Crippen molar-refractivity contribution >= 4 is 44.4 Å². The molecule has 0 amide bonds. The van der Waals surface area contributed by atoms with Gasteiger partial charge in [-0.05, 0) is 28.4 Å². The van der Waals surface area contributed by atoms with Crippen molar-refractivity contribution in [1.29, 1.82) is 0 Å². The molecule has 3 aromatic heterocycles. The zero-order valence-corrected chi connectivity index (χ0v) is 13.8. The van der Waals surface area contributed by atoms with E-state index in [0.717, 1.165) is 40.7 Å². The monoisotopic (exact) mass is 353 g/mol. The summed E-state index contributed by atoms with van der Waals surface area (Å²) in [6.45, 7) is 2.87. The molecule has 0 saturated heterocycles. The Labute approximate surface area is 129 Å². The van der Waals surface area contributed by atoms with Crippen LogP contribution in [0.4, 0.5) is 5.95 Å². The molecule has 0 spiro atoms. The van der Waals surface area contributed by atoms with Gasteiger partial charge in [-0.1, -0.05) is 13.3 Å². The molecular formula is C13H16BrN5S. The molecule has 3 aromatic rings. The lowest BCUT2D eigenvalue weighted by Gasteiger charge is -2.04. The van der Waals surface area contributed by atoms with E-state index in [1.165, 1.54) is 4.88 Å². The second-order valence-electron chi connectivity index (χ2n) is 4.78. The fourth-order valence-corrected chi connectivity index (χ4v) is 3.85. The molecule has 0 aliphatic carbocycles. The number of thiophene rings is 1. The number of nitrogens with zero attached hydrogens (tertiary/aromatic N) is 4. The summed E-state index contributed by atoms with van der Waals surface area (Å²) >= 11 is 5.19. The molecule has 2 N–H and O–H groups in total. The number of nitrogen functional groups attached to an aromatic ring is 1. The summed E-state index contributed by atoms with van der Waals surface area (Å²) < 4.78 is 5.01. The number of fused-ring (bicyclic) bond motifs is 1. The Morgan fingerprint density at radius 3 is 2.90 bits per heavy atom. The van der Waals surface area contributed by atoms with Crippen LogP contribution in [-0.2, 0) is 20.0 Å². The lowest BCUT2D eigenvalue weighted by atomic mass is 10.2. The fraction of sp³-hybridized carbons (Fsp3) is 0.385. The molecule has 0 aliphatic rings. The van der Waals surface area contributed by atoms with E-state index in [1.807, 2.05) is 16.3 Å². The van der Waals surface area contributed by atoms with Gasteiger partial charge in [0.1, 0.15) is 5.52 Å². The lowest BCUT2D eigenvalue weighted by Crippen LogP contribution is -2.07. The molecule has 20 heavy (non-hydrogen) atoms. The highest BCUT2D eigenvalue weighted by atomic mass is 79.9. The largest absolute Gasteiger partial charge is 0.369 e. The summed E-state index contributed by atoms with van der Waals surface area (Å²) in [4.78, 5) is 5.74. The smallest absolute Gasteiger partial charge is 0.202 e. The topological polar surface area (TPSA) is 61.7 Å². The second kappa shape index (κ2) is 5.21. The molecule has 3 rings (SSSR count). The normalized spacial score (nSPS) is 11.6. The molecule has 0 bridgehead atoms. The summed E-state index contributed by atoms with van der Waals surface area (Å²) in [5.41, 5.74) is 9.05. The van der Waals surface area contributed by atoms with E-state index < -0.39 is 0 Å². The first-order valence-electron chi connectivity index (χ1n) is 6.50. The van der Waals surface area contributed by atoms with E-state index in [2.05, 4.69) is 44.4 Å². The van der Waals surface area contributed by atoms with Gasteiger partial charge in [-0.25, -0.2) is 4.98 Å². The first kappa shape index (κ1) is 13.6. The Balaban J connectivity index is 2.08. The van der Waals surface area contributed by atoms with Gasteiger partial charge in [0.05, 0.1) is 12.2 Å². The Bertz CT molecular complexity index is 754. The van der Waals surface area contributed by atoms with Crippen LogP contribution in [0.5, 0.6) is 0 Å². The van der Waals surface area contributed by atoms with Crippen LogP contribution >= 0.6 is 27.3 Å². The minimum Gasteiger partial charge on any atom is -0.369 e. The van der Waals surface area contributed by atoms with Crippen LogP contribution in [0.1, 0.15) is 23.9 Å². The average molecular weight is 354 g/mol. The third-order valence-electron chi connectivity index (χ3n) is 3.24. The Morgan fingerprint density at radius 2 is 2.25 bits per heavy atom. The molecule has 0 radical (unpaired) electrons. The minimum atomic E-state index is 0.551. The fourth-order valence-electron chi connectivity index (χ4n) is 2.41. The van der Waals surface area contributed by atoms with Gasteiger partial charge >= 0.3 is 0 Å². The quantitative estimate of drug-likeness (QED) is 0.783. The van der Waals surface area contributed by atoms with Crippen LogP contribution in [0.15, 0.2) is 15.9 Å². The minimum absolute atomic E-state index is 0.551. The summed E-state index contributed by atoms with van der Waals surface area (Å²) in [6, 6.07) is 2.11. The van der Waals surface area contributed by atoms with Crippen molar-refractivity contribution in [1.82, 2.24) is 19.3 Å². The molecule has 106 valence electrons. The van der Waals surface area contributed by atoms with E-state index >= 15 is 0 Å². The van der Waals surface area contributed by atoms with Crippen molar-refractivity contribution in [3.8, 4) is 0 Å². The first-order chi connectivity index (χ1) is 9.60. The molecule has 0 saturated carbocycles. The zero-order valence-electron chi connectivity index (χ0n) is 11.4. The van der Waals surface area contributed by atoms with Gasteiger partial charge in [0.25, 0.3) is 0 Å². The summed E-state index contributed by atoms with van der Waals surface area (Å²) in [7, 11) is 1.95.